The minimum Gasteiger partial charge on any atom is -0.508 e. The van der Waals surface area contributed by atoms with Crippen molar-refractivity contribution in [2.75, 3.05) is 13.1 Å². The SMILES string of the molecule is O=C1NC[C@H](Cc2ccc(O)cc2)N(CCc2cccc(F)c2)C1=O. The average Bonchev–Trinajstić information content (AvgIpc) is 2.60. The lowest BCUT2D eigenvalue weighted by Gasteiger charge is -2.35. The van der Waals surface area contributed by atoms with E-state index in [2.05, 4.69) is 5.32 Å². The minimum atomic E-state index is -0.610. The van der Waals surface area contributed by atoms with Crippen molar-refractivity contribution in [1.82, 2.24) is 10.2 Å². The number of rotatable bonds is 5. The molecule has 0 unspecified atom stereocenters. The summed E-state index contributed by atoms with van der Waals surface area (Å²) in [7, 11) is 0. The lowest BCUT2D eigenvalue weighted by Crippen LogP contribution is -2.59. The highest BCUT2D eigenvalue weighted by atomic mass is 19.1. The second kappa shape index (κ2) is 7.34. The Balaban J connectivity index is 1.72. The second-order valence-corrected chi connectivity index (χ2v) is 6.11. The number of piperazine rings is 1. The molecule has 130 valence electrons. The average molecular weight is 342 g/mol. The Morgan fingerprint density at radius 2 is 1.88 bits per heavy atom. The molecule has 1 saturated heterocycles. The normalized spacial score (nSPS) is 17.5. The van der Waals surface area contributed by atoms with Crippen molar-refractivity contribution >= 4 is 11.8 Å². The zero-order valence-corrected chi connectivity index (χ0v) is 13.6. The molecular weight excluding hydrogens is 323 g/mol. The maximum absolute atomic E-state index is 13.3. The first-order chi connectivity index (χ1) is 12.0. The molecule has 0 bridgehead atoms. The monoisotopic (exact) mass is 342 g/mol. The Hall–Kier alpha value is -2.89. The quantitative estimate of drug-likeness (QED) is 0.812. The van der Waals surface area contributed by atoms with E-state index in [0.29, 0.717) is 25.9 Å². The van der Waals surface area contributed by atoms with Crippen molar-refractivity contribution in [1.29, 1.82) is 0 Å². The Kier molecular flexibility index (Phi) is 4.97. The van der Waals surface area contributed by atoms with E-state index in [1.165, 1.54) is 12.1 Å². The molecule has 2 aromatic carbocycles. The predicted octanol–water partition coefficient (Wildman–Crippen LogP) is 1.64. The summed E-state index contributed by atoms with van der Waals surface area (Å²) in [4.78, 5) is 25.5. The fourth-order valence-corrected chi connectivity index (χ4v) is 3.01. The maximum Gasteiger partial charge on any atom is 0.312 e. The molecule has 0 aromatic heterocycles. The minimum absolute atomic E-state index is 0.177. The van der Waals surface area contributed by atoms with E-state index < -0.39 is 11.8 Å². The van der Waals surface area contributed by atoms with E-state index in [9.17, 15) is 19.1 Å². The Labute approximate surface area is 145 Å². The van der Waals surface area contributed by atoms with Crippen molar-refractivity contribution < 1.29 is 19.1 Å². The number of carbonyl (C=O) groups excluding carboxylic acids is 2. The van der Waals surface area contributed by atoms with Crippen LogP contribution >= 0.6 is 0 Å². The van der Waals surface area contributed by atoms with Gasteiger partial charge in [-0.1, -0.05) is 24.3 Å². The van der Waals surface area contributed by atoms with Gasteiger partial charge >= 0.3 is 11.8 Å². The lowest BCUT2D eigenvalue weighted by molar-refractivity contribution is -0.150. The van der Waals surface area contributed by atoms with Crippen LogP contribution in [0.3, 0.4) is 0 Å². The van der Waals surface area contributed by atoms with Crippen LogP contribution in [0.15, 0.2) is 48.5 Å². The van der Waals surface area contributed by atoms with Gasteiger partial charge in [0.1, 0.15) is 11.6 Å². The first-order valence-corrected chi connectivity index (χ1v) is 8.14. The van der Waals surface area contributed by atoms with Gasteiger partial charge in [0.05, 0.1) is 6.04 Å². The van der Waals surface area contributed by atoms with Gasteiger partial charge in [-0.25, -0.2) is 4.39 Å². The number of hydrogen-bond donors (Lipinski definition) is 2. The van der Waals surface area contributed by atoms with Crippen LogP contribution in [0.2, 0.25) is 0 Å². The van der Waals surface area contributed by atoms with Gasteiger partial charge < -0.3 is 15.3 Å². The zero-order chi connectivity index (χ0) is 17.8. The predicted molar refractivity (Wildman–Crippen MR) is 90.4 cm³/mol. The molecule has 2 amide bonds. The van der Waals surface area contributed by atoms with Gasteiger partial charge in [0.25, 0.3) is 0 Å². The van der Waals surface area contributed by atoms with E-state index in [4.69, 9.17) is 0 Å². The molecule has 2 aromatic rings. The third kappa shape index (κ3) is 4.15. The van der Waals surface area contributed by atoms with E-state index >= 15 is 0 Å². The fourth-order valence-electron chi connectivity index (χ4n) is 3.01. The van der Waals surface area contributed by atoms with Crippen molar-refractivity contribution in [3.63, 3.8) is 0 Å². The topological polar surface area (TPSA) is 69.6 Å². The zero-order valence-electron chi connectivity index (χ0n) is 13.6. The van der Waals surface area contributed by atoms with Gasteiger partial charge in [-0.15, -0.1) is 0 Å². The molecule has 2 N–H and O–H groups in total. The first-order valence-electron chi connectivity index (χ1n) is 8.14. The van der Waals surface area contributed by atoms with Crippen molar-refractivity contribution in [3.05, 3.63) is 65.5 Å². The molecule has 0 saturated carbocycles. The number of aromatic hydroxyl groups is 1. The Morgan fingerprint density at radius 1 is 1.12 bits per heavy atom. The summed E-state index contributed by atoms with van der Waals surface area (Å²) >= 11 is 0. The number of nitrogens with zero attached hydrogens (tertiary/aromatic N) is 1. The maximum atomic E-state index is 13.3. The third-order valence-electron chi connectivity index (χ3n) is 4.33. The van der Waals surface area contributed by atoms with Gasteiger partial charge in [-0.3, -0.25) is 9.59 Å². The van der Waals surface area contributed by atoms with Crippen LogP contribution in [0, 0.1) is 5.82 Å². The van der Waals surface area contributed by atoms with E-state index in [1.54, 1.807) is 41.3 Å². The highest BCUT2D eigenvalue weighted by molar-refractivity contribution is 6.35. The van der Waals surface area contributed by atoms with Crippen LogP contribution in [-0.4, -0.2) is 41.0 Å². The number of phenols is 1. The summed E-state index contributed by atoms with van der Waals surface area (Å²) in [6.07, 6.45) is 1.04. The van der Waals surface area contributed by atoms with Crippen molar-refractivity contribution in [3.8, 4) is 5.75 Å². The largest absolute Gasteiger partial charge is 0.508 e. The summed E-state index contributed by atoms with van der Waals surface area (Å²) in [5.74, 6) is -1.31. The number of nitrogens with one attached hydrogen (secondary N) is 1. The molecular formula is C19H19FN2O3. The summed E-state index contributed by atoms with van der Waals surface area (Å²) in [6.45, 7) is 0.715. The first kappa shape index (κ1) is 17.0. The van der Waals surface area contributed by atoms with Gasteiger partial charge in [-0.2, -0.15) is 0 Å². The van der Waals surface area contributed by atoms with E-state index in [1.807, 2.05) is 0 Å². The molecule has 0 aliphatic carbocycles. The molecule has 25 heavy (non-hydrogen) atoms. The summed E-state index contributed by atoms with van der Waals surface area (Å²) < 4.78 is 13.3. The van der Waals surface area contributed by atoms with Crippen LogP contribution in [-0.2, 0) is 22.4 Å². The van der Waals surface area contributed by atoms with Crippen LogP contribution in [0.5, 0.6) is 5.75 Å². The highest BCUT2D eigenvalue weighted by Crippen LogP contribution is 2.16. The van der Waals surface area contributed by atoms with Gasteiger partial charge in [-0.05, 0) is 48.2 Å². The fraction of sp³-hybridized carbons (Fsp3) is 0.263. The second-order valence-electron chi connectivity index (χ2n) is 6.11. The number of hydrogen-bond acceptors (Lipinski definition) is 3. The summed E-state index contributed by atoms with van der Waals surface area (Å²) in [5.41, 5.74) is 1.74. The smallest absolute Gasteiger partial charge is 0.312 e. The van der Waals surface area contributed by atoms with E-state index in [-0.39, 0.29) is 17.6 Å². The summed E-state index contributed by atoms with van der Waals surface area (Å²) in [5, 5.41) is 12.0. The number of phenolic OH excluding ortho intramolecular Hbond substituents is 1. The van der Waals surface area contributed by atoms with Gasteiger partial charge in [0.2, 0.25) is 0 Å². The highest BCUT2D eigenvalue weighted by Gasteiger charge is 2.33. The molecule has 1 aliphatic heterocycles. The number of halogens is 1. The molecule has 0 radical (unpaired) electrons. The Morgan fingerprint density at radius 3 is 2.60 bits per heavy atom. The van der Waals surface area contributed by atoms with Crippen LogP contribution in [0.1, 0.15) is 11.1 Å². The molecule has 1 heterocycles. The van der Waals surface area contributed by atoms with Gasteiger partial charge in [0.15, 0.2) is 0 Å². The molecule has 5 nitrogen and oxygen atoms in total. The number of benzene rings is 2. The summed E-state index contributed by atoms with van der Waals surface area (Å²) in [6, 6.07) is 12.8. The van der Waals surface area contributed by atoms with Crippen molar-refractivity contribution in [2.24, 2.45) is 0 Å². The molecule has 3 rings (SSSR count). The van der Waals surface area contributed by atoms with Gasteiger partial charge in [0, 0.05) is 13.1 Å². The molecule has 1 aliphatic rings. The Bertz CT molecular complexity index is 776. The number of amides is 2. The van der Waals surface area contributed by atoms with Crippen molar-refractivity contribution in [2.45, 2.75) is 18.9 Å². The molecule has 1 fully saturated rings. The molecule has 6 heteroatoms. The standard InChI is InChI=1S/C19H19FN2O3/c20-15-3-1-2-13(10-15)8-9-22-16(12-21-18(24)19(22)25)11-14-4-6-17(23)7-5-14/h1-7,10,16,23H,8-9,11-12H2,(H,21,24)/t16-/m0/s1. The molecule has 0 spiro atoms. The van der Waals surface area contributed by atoms with Crippen LogP contribution in [0.4, 0.5) is 4.39 Å². The van der Waals surface area contributed by atoms with E-state index in [0.717, 1.165) is 11.1 Å². The third-order valence-corrected chi connectivity index (χ3v) is 4.33. The number of carbonyl (C=O) groups is 2. The van der Waals surface area contributed by atoms with Crippen LogP contribution < -0.4 is 5.32 Å². The molecule has 1 atom stereocenters. The lowest BCUT2D eigenvalue weighted by atomic mass is 10.0. The van der Waals surface area contributed by atoms with Crippen LogP contribution in [0.25, 0.3) is 0 Å².